The molecule has 4 N–H and O–H groups in total. The van der Waals surface area contributed by atoms with E-state index in [4.69, 9.17) is 5.73 Å². The monoisotopic (exact) mass is 311 g/mol. The first-order valence-corrected chi connectivity index (χ1v) is 6.48. The average molecular weight is 312 g/mol. The fraction of sp³-hybridized carbons (Fsp3) is 0.333. The molecule has 0 aliphatic heterocycles. The summed E-state index contributed by atoms with van der Waals surface area (Å²) in [6.07, 6.45) is 2.05. The third-order valence-electron chi connectivity index (χ3n) is 2.61. The van der Waals surface area contributed by atoms with Crippen LogP contribution in [0.25, 0.3) is 0 Å². The van der Waals surface area contributed by atoms with Crippen molar-refractivity contribution in [2.45, 2.75) is 18.9 Å². The average Bonchev–Trinajstić information content (AvgIpc) is 3.10. The fourth-order valence-corrected chi connectivity index (χ4v) is 1.88. The number of nitrogens with one attached hydrogen (secondary N) is 2. The Morgan fingerprint density at radius 2 is 2.11 bits per heavy atom. The van der Waals surface area contributed by atoms with Crippen molar-refractivity contribution in [2.75, 3.05) is 12.3 Å². The second kappa shape index (κ2) is 5.39. The van der Waals surface area contributed by atoms with Crippen LogP contribution < -0.4 is 16.4 Å². The van der Waals surface area contributed by atoms with E-state index in [1.165, 1.54) is 0 Å². The minimum atomic E-state index is -0.342. The van der Waals surface area contributed by atoms with Gasteiger partial charge in [-0.15, -0.1) is 0 Å². The lowest BCUT2D eigenvalue weighted by molar-refractivity contribution is -0.120. The second-order valence-electron chi connectivity index (χ2n) is 4.26. The molecule has 1 fully saturated rings. The molecule has 0 aromatic heterocycles. The quantitative estimate of drug-likeness (QED) is 0.726. The van der Waals surface area contributed by atoms with Crippen molar-refractivity contribution in [3.05, 3.63) is 28.2 Å². The molecule has 1 aromatic rings. The summed E-state index contributed by atoms with van der Waals surface area (Å²) in [5.41, 5.74) is 6.48. The number of hydrogen-bond donors (Lipinski definition) is 3. The Bertz CT molecular complexity index is 486. The molecule has 0 spiro atoms. The molecule has 1 aliphatic rings. The van der Waals surface area contributed by atoms with Gasteiger partial charge in [0.25, 0.3) is 5.91 Å². The van der Waals surface area contributed by atoms with Gasteiger partial charge < -0.3 is 16.4 Å². The number of carbonyl (C=O) groups excluding carboxylic acids is 2. The lowest BCUT2D eigenvalue weighted by Crippen LogP contribution is -2.38. The zero-order valence-corrected chi connectivity index (χ0v) is 11.3. The van der Waals surface area contributed by atoms with E-state index in [0.29, 0.717) is 17.3 Å². The van der Waals surface area contributed by atoms with E-state index in [2.05, 4.69) is 26.6 Å². The number of anilines is 1. The maximum absolute atomic E-state index is 11.8. The molecule has 6 heteroatoms. The van der Waals surface area contributed by atoms with Crippen molar-refractivity contribution in [2.24, 2.45) is 0 Å². The molecule has 0 heterocycles. The van der Waals surface area contributed by atoms with Crippen LogP contribution in [-0.2, 0) is 4.79 Å². The van der Waals surface area contributed by atoms with Crippen molar-refractivity contribution >= 4 is 33.4 Å². The summed E-state index contributed by atoms with van der Waals surface area (Å²) in [5.74, 6) is -0.507. The van der Waals surface area contributed by atoms with Crippen LogP contribution in [-0.4, -0.2) is 24.4 Å². The maximum Gasteiger partial charge on any atom is 0.253 e. The summed E-state index contributed by atoms with van der Waals surface area (Å²) in [4.78, 5) is 23.2. The van der Waals surface area contributed by atoms with Crippen LogP contribution in [0, 0.1) is 0 Å². The predicted molar refractivity (Wildman–Crippen MR) is 72.1 cm³/mol. The SMILES string of the molecule is Nc1cc(Br)ccc1C(=O)NCC(=O)NC1CC1. The number of benzene rings is 1. The summed E-state index contributed by atoms with van der Waals surface area (Å²) in [7, 11) is 0. The van der Waals surface area contributed by atoms with Gasteiger partial charge in [0.2, 0.25) is 5.91 Å². The van der Waals surface area contributed by atoms with Gasteiger partial charge in [0.05, 0.1) is 12.1 Å². The largest absolute Gasteiger partial charge is 0.398 e. The molecule has 1 aromatic carbocycles. The van der Waals surface area contributed by atoms with Crippen LogP contribution in [0.5, 0.6) is 0 Å². The van der Waals surface area contributed by atoms with Crippen molar-refractivity contribution < 1.29 is 9.59 Å². The van der Waals surface area contributed by atoms with Gasteiger partial charge in [-0.2, -0.15) is 0 Å². The molecule has 0 bridgehead atoms. The number of hydrogen-bond acceptors (Lipinski definition) is 3. The Morgan fingerprint density at radius 1 is 1.39 bits per heavy atom. The summed E-state index contributed by atoms with van der Waals surface area (Å²) < 4.78 is 0.808. The zero-order chi connectivity index (χ0) is 13.1. The van der Waals surface area contributed by atoms with Crippen LogP contribution in [0.4, 0.5) is 5.69 Å². The molecular weight excluding hydrogens is 298 g/mol. The first-order chi connectivity index (χ1) is 8.56. The van der Waals surface area contributed by atoms with Crippen LogP contribution >= 0.6 is 15.9 Å². The van der Waals surface area contributed by atoms with E-state index in [1.54, 1.807) is 18.2 Å². The molecule has 18 heavy (non-hydrogen) atoms. The second-order valence-corrected chi connectivity index (χ2v) is 5.17. The Labute approximate surface area is 113 Å². The topological polar surface area (TPSA) is 84.2 Å². The van der Waals surface area contributed by atoms with Gasteiger partial charge in [-0.3, -0.25) is 9.59 Å². The Hall–Kier alpha value is -1.56. The van der Waals surface area contributed by atoms with Crippen molar-refractivity contribution in [3.8, 4) is 0 Å². The molecule has 1 aliphatic carbocycles. The molecule has 2 rings (SSSR count). The van der Waals surface area contributed by atoms with Gasteiger partial charge in [0.1, 0.15) is 0 Å². The number of nitrogen functional groups attached to an aromatic ring is 1. The normalized spacial score (nSPS) is 14.1. The van der Waals surface area contributed by atoms with Crippen LogP contribution in [0.1, 0.15) is 23.2 Å². The summed E-state index contributed by atoms with van der Waals surface area (Å²) in [6, 6.07) is 5.30. The molecular formula is C12H14BrN3O2. The molecule has 0 saturated heterocycles. The highest BCUT2D eigenvalue weighted by molar-refractivity contribution is 9.10. The van der Waals surface area contributed by atoms with E-state index >= 15 is 0 Å². The Kier molecular flexibility index (Phi) is 3.86. The molecule has 2 amide bonds. The number of carbonyl (C=O) groups is 2. The minimum Gasteiger partial charge on any atom is -0.398 e. The smallest absolute Gasteiger partial charge is 0.253 e. The first-order valence-electron chi connectivity index (χ1n) is 5.69. The molecule has 0 unspecified atom stereocenters. The number of amides is 2. The van der Waals surface area contributed by atoms with Crippen LogP contribution in [0.15, 0.2) is 22.7 Å². The number of nitrogens with two attached hydrogens (primary N) is 1. The fourth-order valence-electron chi connectivity index (χ4n) is 1.50. The summed E-state index contributed by atoms with van der Waals surface area (Å²) >= 11 is 3.27. The van der Waals surface area contributed by atoms with Crippen molar-refractivity contribution in [1.82, 2.24) is 10.6 Å². The molecule has 1 saturated carbocycles. The van der Waals surface area contributed by atoms with E-state index < -0.39 is 0 Å². The van der Waals surface area contributed by atoms with E-state index in [0.717, 1.165) is 17.3 Å². The Morgan fingerprint density at radius 3 is 2.72 bits per heavy atom. The number of rotatable bonds is 4. The van der Waals surface area contributed by atoms with Crippen molar-refractivity contribution in [3.63, 3.8) is 0 Å². The van der Waals surface area contributed by atoms with Crippen molar-refractivity contribution in [1.29, 1.82) is 0 Å². The first kappa shape index (κ1) is 12.9. The van der Waals surface area contributed by atoms with E-state index in [1.807, 2.05) is 0 Å². The van der Waals surface area contributed by atoms with Crippen LogP contribution in [0.2, 0.25) is 0 Å². The predicted octanol–water partition coefficient (Wildman–Crippen LogP) is 1.04. The minimum absolute atomic E-state index is 0.0230. The molecule has 96 valence electrons. The van der Waals surface area contributed by atoms with Gasteiger partial charge >= 0.3 is 0 Å². The highest BCUT2D eigenvalue weighted by Gasteiger charge is 2.23. The molecule has 0 atom stereocenters. The lowest BCUT2D eigenvalue weighted by atomic mass is 10.1. The third-order valence-corrected chi connectivity index (χ3v) is 3.10. The Balaban J connectivity index is 1.88. The van der Waals surface area contributed by atoms with E-state index in [-0.39, 0.29) is 18.4 Å². The van der Waals surface area contributed by atoms with Gasteiger partial charge in [-0.1, -0.05) is 15.9 Å². The standard InChI is InChI=1S/C12H14BrN3O2/c13-7-1-4-9(10(14)5-7)12(18)15-6-11(17)16-8-2-3-8/h1,4-5,8H,2-3,6,14H2,(H,15,18)(H,16,17). The van der Waals surface area contributed by atoms with Crippen LogP contribution in [0.3, 0.4) is 0 Å². The third kappa shape index (κ3) is 3.46. The highest BCUT2D eigenvalue weighted by Crippen LogP contribution is 2.19. The van der Waals surface area contributed by atoms with E-state index in [9.17, 15) is 9.59 Å². The number of halogens is 1. The van der Waals surface area contributed by atoms with Gasteiger partial charge in [-0.05, 0) is 31.0 Å². The molecule has 0 radical (unpaired) electrons. The lowest BCUT2D eigenvalue weighted by Gasteiger charge is -2.08. The molecule has 5 nitrogen and oxygen atoms in total. The summed E-state index contributed by atoms with van der Waals surface area (Å²) in [6.45, 7) is -0.0230. The van der Waals surface area contributed by atoms with Gasteiger partial charge in [0.15, 0.2) is 0 Å². The highest BCUT2D eigenvalue weighted by atomic mass is 79.9. The van der Waals surface area contributed by atoms with Gasteiger partial charge in [0, 0.05) is 16.2 Å². The van der Waals surface area contributed by atoms with Gasteiger partial charge in [-0.25, -0.2) is 0 Å². The zero-order valence-electron chi connectivity index (χ0n) is 9.70. The summed E-state index contributed by atoms with van der Waals surface area (Å²) in [5, 5.41) is 5.34. The maximum atomic E-state index is 11.8.